The number of rotatable bonds is 8. The Morgan fingerprint density at radius 1 is 0.333 bits per heavy atom. The summed E-state index contributed by atoms with van der Waals surface area (Å²) in [5.41, 5.74) is 4.98. The van der Waals surface area contributed by atoms with Gasteiger partial charge in [0.15, 0.2) is 0 Å². The molecule has 0 atom stereocenters. The van der Waals surface area contributed by atoms with Gasteiger partial charge in [0.25, 0.3) is 0 Å². The van der Waals surface area contributed by atoms with Crippen LogP contribution in [0.1, 0.15) is 147 Å². The molecule has 0 aromatic heterocycles. The summed E-state index contributed by atoms with van der Waals surface area (Å²) >= 11 is 0. The smallest absolute Gasteiger partial charge is 0.0718 e. The molecular weight excluding hydrogens is 912 g/mol. The quantitative estimate of drug-likeness (QED) is 0.190. The number of hydrogen-bond donors (Lipinski definition) is 0. The van der Waals surface area contributed by atoms with Gasteiger partial charge in [-0.05, 0) is 69.6 Å². The molecule has 0 N–H and O–H groups in total. The third kappa shape index (κ3) is 22.3. The van der Waals surface area contributed by atoms with Crippen molar-refractivity contribution in [3.05, 3.63) is 142 Å². The molecule has 0 saturated heterocycles. The summed E-state index contributed by atoms with van der Waals surface area (Å²) in [6.07, 6.45) is 2.99. The Kier molecular flexibility index (Phi) is 21.4. The van der Waals surface area contributed by atoms with Gasteiger partial charge in [-0.1, -0.05) is 180 Å². The van der Waals surface area contributed by atoms with Gasteiger partial charge in [0.2, 0.25) is 0 Å². The van der Waals surface area contributed by atoms with Crippen LogP contribution in [0.15, 0.2) is 97.1 Å². The van der Waals surface area contributed by atoms with Crippen molar-refractivity contribution in [3.8, 4) is 0 Å². The molecule has 8 nitrogen and oxygen atoms in total. The molecule has 0 heterocycles. The van der Waals surface area contributed by atoms with Gasteiger partial charge in [-0.3, -0.25) is 0 Å². The summed E-state index contributed by atoms with van der Waals surface area (Å²) in [6, 6.07) is 28.0. The summed E-state index contributed by atoms with van der Waals surface area (Å²) in [5, 5.41) is 43.2. The summed E-state index contributed by atoms with van der Waals surface area (Å²) < 4.78 is 0. The standard InChI is InChI=1S/4C12H16O2.Pb/c4*1-12(2,3)8-9-6-4-5-7-10(9)11(13)14;/h4*4-7H,8H2,1-3H3,(H,13,14);/p-4. The van der Waals surface area contributed by atoms with Crippen LogP contribution in [-0.4, -0.2) is 51.2 Å². The van der Waals surface area contributed by atoms with Crippen molar-refractivity contribution in [2.45, 2.75) is 109 Å². The van der Waals surface area contributed by atoms with Gasteiger partial charge in [0, 0.05) is 49.6 Å². The van der Waals surface area contributed by atoms with Gasteiger partial charge in [-0.15, -0.1) is 0 Å². The van der Waals surface area contributed by atoms with E-state index in [2.05, 4.69) is 83.1 Å². The molecule has 0 spiro atoms. The number of benzene rings is 4. The molecule has 0 aliphatic carbocycles. The van der Waals surface area contributed by atoms with E-state index in [0.717, 1.165) is 47.9 Å². The molecule has 308 valence electrons. The first-order chi connectivity index (χ1) is 25.6. The second kappa shape index (κ2) is 23.2. The molecule has 0 fully saturated rings. The number of aromatic carboxylic acids is 4. The molecule has 0 amide bonds. The number of carbonyl (C=O) groups is 4. The normalized spacial score (nSPS) is 11.2. The minimum atomic E-state index is -1.09. The van der Waals surface area contributed by atoms with E-state index in [1.54, 1.807) is 48.5 Å². The molecular formula is C48H60O8Pb-4. The Balaban J connectivity index is 0.000000729. The fourth-order valence-electron chi connectivity index (χ4n) is 5.78. The number of hydrogen-bond acceptors (Lipinski definition) is 8. The topological polar surface area (TPSA) is 161 Å². The minimum absolute atomic E-state index is 0. The first kappa shape index (κ1) is 52.7. The zero-order valence-electron chi connectivity index (χ0n) is 35.8. The van der Waals surface area contributed by atoms with Crippen molar-refractivity contribution >= 4 is 51.2 Å². The zero-order chi connectivity index (χ0) is 43.1. The van der Waals surface area contributed by atoms with Gasteiger partial charge in [-0.2, -0.15) is 0 Å². The first-order valence-corrected chi connectivity index (χ1v) is 18.8. The SMILES string of the molecule is CC(C)(C)Cc1ccccc1C(=O)[O-].CC(C)(C)Cc1ccccc1C(=O)[O-].CC(C)(C)Cc1ccccc1C(=O)[O-].CC(C)(C)Cc1ccccc1C(=O)[O-].[Pb]. The molecule has 4 aromatic carbocycles. The van der Waals surface area contributed by atoms with Crippen molar-refractivity contribution in [3.63, 3.8) is 0 Å². The number of carbonyl (C=O) groups excluding carboxylic acids is 4. The van der Waals surface area contributed by atoms with E-state index >= 15 is 0 Å². The molecule has 4 radical (unpaired) electrons. The third-order valence-electron chi connectivity index (χ3n) is 7.83. The fraction of sp³-hybridized carbons (Fsp3) is 0.417. The van der Waals surface area contributed by atoms with Crippen LogP contribution in [0.25, 0.3) is 0 Å². The van der Waals surface area contributed by atoms with E-state index in [4.69, 9.17) is 0 Å². The molecule has 0 aliphatic heterocycles. The molecule has 57 heavy (non-hydrogen) atoms. The summed E-state index contributed by atoms with van der Waals surface area (Å²) in [7, 11) is 0. The maximum atomic E-state index is 10.8. The van der Waals surface area contributed by atoms with Crippen LogP contribution in [0.5, 0.6) is 0 Å². The number of carboxylic acid groups (broad SMARTS) is 4. The summed E-state index contributed by atoms with van der Waals surface area (Å²) in [4.78, 5) is 43.2. The Labute approximate surface area is 360 Å². The van der Waals surface area contributed by atoms with Crippen LogP contribution in [0.3, 0.4) is 0 Å². The van der Waals surface area contributed by atoms with Gasteiger partial charge in [-0.25, -0.2) is 0 Å². The van der Waals surface area contributed by atoms with E-state index < -0.39 is 23.9 Å². The van der Waals surface area contributed by atoms with Crippen molar-refractivity contribution in [1.29, 1.82) is 0 Å². The first-order valence-electron chi connectivity index (χ1n) is 18.8. The van der Waals surface area contributed by atoms with Gasteiger partial charge >= 0.3 is 0 Å². The molecule has 4 rings (SSSR count). The predicted molar refractivity (Wildman–Crippen MR) is 221 cm³/mol. The molecule has 0 bridgehead atoms. The number of carboxylic acids is 4. The van der Waals surface area contributed by atoms with Gasteiger partial charge in [0.1, 0.15) is 0 Å². The van der Waals surface area contributed by atoms with Crippen molar-refractivity contribution in [1.82, 2.24) is 0 Å². The third-order valence-corrected chi connectivity index (χ3v) is 7.83. The van der Waals surface area contributed by atoms with Gasteiger partial charge < -0.3 is 39.6 Å². The molecule has 0 saturated carbocycles. The Hall–Kier alpha value is -4.32. The largest absolute Gasteiger partial charge is 0.545 e. The second-order valence-electron chi connectivity index (χ2n) is 18.7. The van der Waals surface area contributed by atoms with Crippen LogP contribution in [0.2, 0.25) is 0 Å². The Bertz CT molecular complexity index is 1620. The van der Waals surface area contributed by atoms with Crippen molar-refractivity contribution in [2.75, 3.05) is 0 Å². The monoisotopic (exact) mass is 972 g/mol. The van der Waals surface area contributed by atoms with Crippen LogP contribution in [0.4, 0.5) is 0 Å². The summed E-state index contributed by atoms with van der Waals surface area (Å²) in [5.74, 6) is -4.37. The zero-order valence-corrected chi connectivity index (χ0v) is 39.7. The van der Waals surface area contributed by atoms with E-state index in [1.165, 1.54) is 0 Å². The van der Waals surface area contributed by atoms with Crippen LogP contribution >= 0.6 is 0 Å². The maximum absolute atomic E-state index is 10.8. The Morgan fingerprint density at radius 2 is 0.474 bits per heavy atom. The van der Waals surface area contributed by atoms with E-state index in [0.29, 0.717) is 22.3 Å². The fourth-order valence-corrected chi connectivity index (χ4v) is 5.78. The average Bonchev–Trinajstić information content (AvgIpc) is 3.03. The molecule has 0 unspecified atom stereocenters. The van der Waals surface area contributed by atoms with E-state index in [9.17, 15) is 39.6 Å². The van der Waals surface area contributed by atoms with Gasteiger partial charge in [0.05, 0.1) is 23.9 Å². The molecule has 9 heteroatoms. The second-order valence-corrected chi connectivity index (χ2v) is 18.7. The maximum Gasteiger partial charge on any atom is 0.0718 e. The minimum Gasteiger partial charge on any atom is -0.545 e. The average molecular weight is 972 g/mol. The predicted octanol–water partition coefficient (Wildman–Crippen LogP) is 6.17. The van der Waals surface area contributed by atoms with E-state index in [-0.39, 0.29) is 49.0 Å². The van der Waals surface area contributed by atoms with Crippen molar-refractivity contribution < 1.29 is 39.6 Å². The van der Waals surface area contributed by atoms with Crippen LogP contribution < -0.4 is 20.4 Å². The van der Waals surface area contributed by atoms with E-state index in [1.807, 2.05) is 48.5 Å². The molecule has 0 aliphatic rings. The van der Waals surface area contributed by atoms with Crippen molar-refractivity contribution in [2.24, 2.45) is 21.7 Å². The van der Waals surface area contributed by atoms with Crippen LogP contribution in [-0.2, 0) is 25.7 Å². The van der Waals surface area contributed by atoms with Crippen LogP contribution in [0, 0.1) is 21.7 Å². The Morgan fingerprint density at radius 3 is 0.596 bits per heavy atom. The molecule has 4 aromatic rings. The summed E-state index contributed by atoms with van der Waals surface area (Å²) in [6.45, 7) is 25.0.